The first-order valence-electron chi connectivity index (χ1n) is 10.4. The summed E-state index contributed by atoms with van der Waals surface area (Å²) >= 11 is 6.16. The highest BCUT2D eigenvalue weighted by Gasteiger charge is 2.19. The van der Waals surface area contributed by atoms with E-state index in [1.54, 1.807) is 7.11 Å². The molecule has 172 valence electrons. The fraction of sp³-hybridized carbons (Fsp3) is 0.429. The van der Waals surface area contributed by atoms with Crippen LogP contribution in [0.3, 0.4) is 0 Å². The van der Waals surface area contributed by atoms with Crippen LogP contribution in [-0.2, 0) is 4.79 Å². The number of carbonyl (C=O) groups is 2. The Labute approximate surface area is 192 Å². The number of carbonyl (C=O) groups excluding carboxylic acids is 2. The molecule has 2 aromatic rings. The summed E-state index contributed by atoms with van der Waals surface area (Å²) in [5.74, 6) is 0.119. The van der Waals surface area contributed by atoms with Gasteiger partial charge in [0.25, 0.3) is 5.91 Å². The normalized spacial score (nSPS) is 14.1. The Bertz CT molecular complexity index is 935. The third-order valence-electron chi connectivity index (χ3n) is 5.10. The Balaban J connectivity index is 1.40. The molecule has 2 heterocycles. The van der Waals surface area contributed by atoms with E-state index in [2.05, 4.69) is 30.4 Å². The number of piperazine rings is 1. The number of nitrogens with two attached hydrogens (primary N) is 1. The minimum Gasteiger partial charge on any atom is -0.495 e. The first-order chi connectivity index (χ1) is 15.5. The maximum atomic E-state index is 12.0. The van der Waals surface area contributed by atoms with Crippen molar-refractivity contribution in [3.8, 4) is 5.75 Å². The van der Waals surface area contributed by atoms with Gasteiger partial charge in [0.1, 0.15) is 11.4 Å². The molecular formula is C21H28ClN7O3. The molecule has 2 amide bonds. The van der Waals surface area contributed by atoms with Crippen LogP contribution in [0.15, 0.2) is 30.5 Å². The number of hydrogen-bond donors (Lipinski definition) is 3. The average Bonchev–Trinajstić information content (AvgIpc) is 2.81. The summed E-state index contributed by atoms with van der Waals surface area (Å²) < 4.78 is 5.47. The van der Waals surface area contributed by atoms with Gasteiger partial charge in [0, 0.05) is 43.9 Å². The molecule has 0 unspecified atom stereocenters. The zero-order valence-electron chi connectivity index (χ0n) is 18.0. The fourth-order valence-electron chi connectivity index (χ4n) is 3.45. The molecule has 11 heteroatoms. The summed E-state index contributed by atoms with van der Waals surface area (Å²) in [5, 5.41) is 6.24. The van der Waals surface area contributed by atoms with Gasteiger partial charge < -0.3 is 26.0 Å². The highest BCUT2D eigenvalue weighted by molar-refractivity contribution is 6.30. The number of hydrogen-bond acceptors (Lipinski definition) is 8. The lowest BCUT2D eigenvalue weighted by molar-refractivity contribution is -0.117. The number of aromatic nitrogens is 2. The van der Waals surface area contributed by atoms with Crippen LogP contribution in [0.2, 0.25) is 5.02 Å². The van der Waals surface area contributed by atoms with E-state index in [-0.39, 0.29) is 12.2 Å². The van der Waals surface area contributed by atoms with E-state index in [0.717, 1.165) is 50.6 Å². The summed E-state index contributed by atoms with van der Waals surface area (Å²) in [5.41, 5.74) is 6.23. The highest BCUT2D eigenvalue weighted by Crippen LogP contribution is 2.31. The van der Waals surface area contributed by atoms with E-state index >= 15 is 0 Å². The number of benzene rings is 1. The Morgan fingerprint density at radius 3 is 2.72 bits per heavy atom. The van der Waals surface area contributed by atoms with Crippen LogP contribution in [0.4, 0.5) is 11.6 Å². The van der Waals surface area contributed by atoms with Gasteiger partial charge in [0.2, 0.25) is 11.9 Å². The molecule has 10 nitrogen and oxygen atoms in total. The number of anilines is 2. The molecule has 0 aliphatic carbocycles. The van der Waals surface area contributed by atoms with Gasteiger partial charge in [-0.2, -0.15) is 0 Å². The summed E-state index contributed by atoms with van der Waals surface area (Å²) in [6.07, 6.45) is 2.40. The van der Waals surface area contributed by atoms with Crippen molar-refractivity contribution in [2.75, 3.05) is 63.1 Å². The van der Waals surface area contributed by atoms with Gasteiger partial charge in [-0.25, -0.2) is 9.97 Å². The summed E-state index contributed by atoms with van der Waals surface area (Å²) in [4.78, 5) is 35.8. The lowest BCUT2D eigenvalue weighted by atomic mass is 10.2. The molecular weight excluding hydrogens is 434 g/mol. The predicted molar refractivity (Wildman–Crippen MR) is 123 cm³/mol. The Kier molecular flexibility index (Phi) is 8.46. The molecule has 0 bridgehead atoms. The Morgan fingerprint density at radius 1 is 1.22 bits per heavy atom. The molecule has 0 radical (unpaired) electrons. The van der Waals surface area contributed by atoms with E-state index in [9.17, 15) is 9.59 Å². The third kappa shape index (κ3) is 6.69. The van der Waals surface area contributed by atoms with Gasteiger partial charge in [0.05, 0.1) is 19.3 Å². The van der Waals surface area contributed by atoms with Crippen LogP contribution in [0.5, 0.6) is 5.75 Å². The smallest absolute Gasteiger partial charge is 0.270 e. The van der Waals surface area contributed by atoms with Crippen molar-refractivity contribution in [3.63, 3.8) is 0 Å². The lowest BCUT2D eigenvalue weighted by Gasteiger charge is -2.36. The number of ether oxygens (including phenoxy) is 1. The molecule has 32 heavy (non-hydrogen) atoms. The van der Waals surface area contributed by atoms with Gasteiger partial charge in [-0.05, 0) is 37.2 Å². The SMILES string of the molecule is COc1ccc(Cl)cc1N1CCN(CCCNc2nccc(C(=O)NCC(N)=O)n2)CC1. The molecule has 4 N–H and O–H groups in total. The van der Waals surface area contributed by atoms with Gasteiger partial charge in [-0.15, -0.1) is 0 Å². The number of halogens is 1. The zero-order valence-corrected chi connectivity index (χ0v) is 18.8. The quantitative estimate of drug-likeness (QED) is 0.447. The second-order valence-electron chi connectivity index (χ2n) is 7.34. The number of rotatable bonds is 10. The Hall–Kier alpha value is -3.11. The minimum atomic E-state index is -0.613. The van der Waals surface area contributed by atoms with Crippen LogP contribution in [0, 0.1) is 0 Å². The van der Waals surface area contributed by atoms with Gasteiger partial charge in [-0.3, -0.25) is 14.5 Å². The minimum absolute atomic E-state index is 0.177. The van der Waals surface area contributed by atoms with Gasteiger partial charge >= 0.3 is 0 Å². The number of nitrogens with zero attached hydrogens (tertiary/aromatic N) is 4. The number of methoxy groups -OCH3 is 1. The van der Waals surface area contributed by atoms with Crippen molar-refractivity contribution in [2.24, 2.45) is 5.73 Å². The van der Waals surface area contributed by atoms with E-state index in [1.807, 2.05) is 18.2 Å². The second kappa shape index (κ2) is 11.5. The van der Waals surface area contributed by atoms with Crippen molar-refractivity contribution in [2.45, 2.75) is 6.42 Å². The van der Waals surface area contributed by atoms with E-state index in [0.29, 0.717) is 17.5 Å². The van der Waals surface area contributed by atoms with Crippen LogP contribution in [0.25, 0.3) is 0 Å². The standard InChI is InChI=1S/C21H28ClN7O3/c1-32-18-4-3-15(22)13-17(18)29-11-9-28(10-12-29)8-2-6-24-21-25-7-5-16(27-21)20(31)26-14-19(23)30/h3-5,7,13H,2,6,8-12,14H2,1H3,(H2,23,30)(H,26,31)(H,24,25,27). The third-order valence-corrected chi connectivity index (χ3v) is 5.33. The zero-order chi connectivity index (χ0) is 22.9. The topological polar surface area (TPSA) is 126 Å². The predicted octanol–water partition coefficient (Wildman–Crippen LogP) is 0.978. The maximum Gasteiger partial charge on any atom is 0.270 e. The number of amides is 2. The van der Waals surface area contributed by atoms with Crippen LogP contribution in [0.1, 0.15) is 16.9 Å². The van der Waals surface area contributed by atoms with Gasteiger partial charge in [-0.1, -0.05) is 11.6 Å². The molecule has 3 rings (SSSR count). The molecule has 1 aliphatic heterocycles. The largest absolute Gasteiger partial charge is 0.495 e. The summed E-state index contributed by atoms with van der Waals surface area (Å²) in [7, 11) is 1.67. The first-order valence-corrected chi connectivity index (χ1v) is 10.8. The monoisotopic (exact) mass is 461 g/mol. The van der Waals surface area contributed by atoms with Crippen LogP contribution < -0.4 is 26.0 Å². The van der Waals surface area contributed by atoms with Gasteiger partial charge in [0.15, 0.2) is 0 Å². The van der Waals surface area contributed by atoms with Crippen LogP contribution >= 0.6 is 11.6 Å². The molecule has 0 spiro atoms. The second-order valence-corrected chi connectivity index (χ2v) is 7.78. The van der Waals surface area contributed by atoms with E-state index in [1.165, 1.54) is 12.3 Å². The van der Waals surface area contributed by atoms with Crippen molar-refractivity contribution < 1.29 is 14.3 Å². The van der Waals surface area contributed by atoms with Crippen LogP contribution in [-0.4, -0.2) is 79.6 Å². The van der Waals surface area contributed by atoms with E-state index < -0.39 is 11.8 Å². The van der Waals surface area contributed by atoms with Crippen molar-refractivity contribution >= 4 is 35.1 Å². The highest BCUT2D eigenvalue weighted by atomic mass is 35.5. The lowest BCUT2D eigenvalue weighted by Crippen LogP contribution is -2.47. The van der Waals surface area contributed by atoms with E-state index in [4.69, 9.17) is 22.1 Å². The average molecular weight is 462 g/mol. The molecule has 1 fully saturated rings. The number of nitrogens with one attached hydrogen (secondary N) is 2. The fourth-order valence-corrected chi connectivity index (χ4v) is 3.62. The maximum absolute atomic E-state index is 12.0. The molecule has 1 aromatic carbocycles. The molecule has 0 atom stereocenters. The molecule has 1 saturated heterocycles. The van der Waals surface area contributed by atoms with Crippen molar-refractivity contribution in [1.29, 1.82) is 0 Å². The first kappa shape index (κ1) is 23.6. The van der Waals surface area contributed by atoms with Crippen molar-refractivity contribution in [3.05, 3.63) is 41.2 Å². The molecule has 1 aromatic heterocycles. The number of primary amides is 1. The Morgan fingerprint density at radius 2 is 2.00 bits per heavy atom. The van der Waals surface area contributed by atoms with Crippen molar-refractivity contribution in [1.82, 2.24) is 20.2 Å². The molecule has 1 aliphatic rings. The summed E-state index contributed by atoms with van der Waals surface area (Å²) in [6.45, 7) is 5.07. The molecule has 0 saturated carbocycles. The summed E-state index contributed by atoms with van der Waals surface area (Å²) in [6, 6.07) is 7.16.